The number of rotatable bonds is 5. The number of nitrogens with zero attached hydrogens (tertiary/aromatic N) is 3. The molecule has 102 valence electrons. The summed E-state index contributed by atoms with van der Waals surface area (Å²) in [5.74, 6) is 5.59. The molecule has 0 bridgehead atoms. The van der Waals surface area contributed by atoms with E-state index in [-0.39, 0.29) is 5.91 Å². The number of aromatic nitrogens is 2. The predicted molar refractivity (Wildman–Crippen MR) is 70.5 cm³/mol. The van der Waals surface area contributed by atoms with Crippen LogP contribution in [0.4, 0.5) is 0 Å². The van der Waals surface area contributed by atoms with E-state index in [0.717, 1.165) is 0 Å². The zero-order chi connectivity index (χ0) is 14.4. The lowest BCUT2D eigenvalue weighted by Gasteiger charge is -2.08. The molecule has 0 saturated carbocycles. The van der Waals surface area contributed by atoms with Gasteiger partial charge in [0, 0.05) is 18.0 Å². The molecule has 20 heavy (non-hydrogen) atoms. The van der Waals surface area contributed by atoms with Crippen molar-refractivity contribution in [2.75, 3.05) is 6.61 Å². The molecule has 0 atom stereocenters. The van der Waals surface area contributed by atoms with E-state index >= 15 is 0 Å². The number of hydrogen-bond acceptors (Lipinski definition) is 5. The second kappa shape index (κ2) is 6.36. The largest absolute Gasteiger partial charge is 0.492 e. The van der Waals surface area contributed by atoms with E-state index in [9.17, 15) is 4.79 Å². The lowest BCUT2D eigenvalue weighted by atomic mass is 10.2. The number of carbonyl (C=O) groups is 1. The van der Waals surface area contributed by atoms with Crippen LogP contribution in [-0.4, -0.2) is 22.1 Å². The molecule has 1 amide bonds. The zero-order valence-corrected chi connectivity index (χ0v) is 10.6. The summed E-state index contributed by atoms with van der Waals surface area (Å²) < 4.78 is 7.23. The van der Waals surface area contributed by atoms with Gasteiger partial charge in [-0.2, -0.15) is 5.26 Å². The molecule has 0 aliphatic heterocycles. The number of ether oxygens (including phenoxy) is 1. The Hall–Kier alpha value is -2.85. The van der Waals surface area contributed by atoms with Gasteiger partial charge < -0.3 is 9.30 Å². The lowest BCUT2D eigenvalue weighted by Crippen LogP contribution is -2.29. The number of nitrogens with one attached hydrogen (secondary N) is 1. The highest BCUT2D eigenvalue weighted by Gasteiger charge is 2.05. The minimum Gasteiger partial charge on any atom is -0.492 e. The number of hydrazine groups is 1. The van der Waals surface area contributed by atoms with Crippen LogP contribution in [0, 0.1) is 11.3 Å². The first-order valence-corrected chi connectivity index (χ1v) is 5.89. The van der Waals surface area contributed by atoms with E-state index in [0.29, 0.717) is 30.3 Å². The van der Waals surface area contributed by atoms with Crippen LogP contribution in [0.3, 0.4) is 0 Å². The maximum absolute atomic E-state index is 11.4. The first-order chi connectivity index (χ1) is 9.74. The molecule has 0 unspecified atom stereocenters. The van der Waals surface area contributed by atoms with Crippen molar-refractivity contribution in [3.8, 4) is 11.8 Å². The molecule has 7 nitrogen and oxygen atoms in total. The number of nitrogen functional groups attached to an aromatic ring is 1. The first-order valence-electron chi connectivity index (χ1n) is 5.89. The van der Waals surface area contributed by atoms with Crippen LogP contribution in [0.5, 0.6) is 5.75 Å². The number of carbonyl (C=O) groups excluding carboxylic acids is 1. The molecule has 2 aromatic rings. The van der Waals surface area contributed by atoms with Crippen LogP contribution >= 0.6 is 0 Å². The topological polar surface area (TPSA) is 106 Å². The Morgan fingerprint density at radius 1 is 1.55 bits per heavy atom. The quantitative estimate of drug-likeness (QED) is 0.466. The second-order valence-electron chi connectivity index (χ2n) is 3.91. The van der Waals surface area contributed by atoms with Gasteiger partial charge in [-0.25, -0.2) is 10.8 Å². The molecule has 7 heteroatoms. The number of nitriles is 1. The average molecular weight is 271 g/mol. The Bertz CT molecular complexity index is 644. The van der Waals surface area contributed by atoms with Crippen molar-refractivity contribution in [3.05, 3.63) is 48.0 Å². The standard InChI is InChI=1S/C13H13N5O2/c14-9-12-16-4-5-18(12)6-7-20-11-3-1-2-10(8-11)13(19)17-15/h1-5,8H,6-7,15H2,(H,17,19). The van der Waals surface area contributed by atoms with Crippen LogP contribution in [0.25, 0.3) is 0 Å². The molecule has 0 radical (unpaired) electrons. The third-order valence-electron chi connectivity index (χ3n) is 2.64. The van der Waals surface area contributed by atoms with Gasteiger partial charge in [0.1, 0.15) is 18.4 Å². The minimum atomic E-state index is -0.378. The molecule has 0 spiro atoms. The molecule has 1 aromatic heterocycles. The number of imidazole rings is 1. The fourth-order valence-electron chi connectivity index (χ4n) is 1.67. The summed E-state index contributed by atoms with van der Waals surface area (Å²) >= 11 is 0. The Kier molecular flexibility index (Phi) is 4.32. The number of amides is 1. The van der Waals surface area contributed by atoms with Gasteiger partial charge >= 0.3 is 0 Å². The Balaban J connectivity index is 1.95. The molecular formula is C13H13N5O2. The molecule has 0 saturated heterocycles. The number of benzene rings is 1. The first kappa shape index (κ1) is 13.6. The maximum atomic E-state index is 11.4. The Labute approximate surface area is 115 Å². The molecule has 1 heterocycles. The van der Waals surface area contributed by atoms with E-state index in [4.69, 9.17) is 15.8 Å². The van der Waals surface area contributed by atoms with Crippen molar-refractivity contribution >= 4 is 5.91 Å². The Morgan fingerprint density at radius 3 is 3.15 bits per heavy atom. The van der Waals surface area contributed by atoms with Gasteiger partial charge in [-0.1, -0.05) is 6.07 Å². The van der Waals surface area contributed by atoms with Gasteiger partial charge in [0.15, 0.2) is 0 Å². The third kappa shape index (κ3) is 3.13. The van der Waals surface area contributed by atoms with Gasteiger partial charge in [0.2, 0.25) is 5.82 Å². The highest BCUT2D eigenvalue weighted by molar-refractivity contribution is 5.94. The van der Waals surface area contributed by atoms with Crippen molar-refractivity contribution in [1.29, 1.82) is 5.26 Å². The van der Waals surface area contributed by atoms with Crippen molar-refractivity contribution in [2.45, 2.75) is 6.54 Å². The summed E-state index contributed by atoms with van der Waals surface area (Å²) in [4.78, 5) is 15.3. The van der Waals surface area contributed by atoms with Gasteiger partial charge in [0.05, 0.1) is 6.54 Å². The SMILES string of the molecule is N#Cc1nccn1CCOc1cccc(C(=O)NN)c1. The molecule has 0 aliphatic rings. The van der Waals surface area contributed by atoms with Gasteiger partial charge in [-0.05, 0) is 18.2 Å². The molecule has 0 fully saturated rings. The van der Waals surface area contributed by atoms with Crippen molar-refractivity contribution < 1.29 is 9.53 Å². The van der Waals surface area contributed by atoms with Gasteiger partial charge in [-0.3, -0.25) is 10.2 Å². The molecule has 3 N–H and O–H groups in total. The number of hydrogen-bond donors (Lipinski definition) is 2. The summed E-state index contributed by atoms with van der Waals surface area (Å²) in [6, 6.07) is 8.67. The molecular weight excluding hydrogens is 258 g/mol. The van der Waals surface area contributed by atoms with Crippen LogP contribution in [0.2, 0.25) is 0 Å². The van der Waals surface area contributed by atoms with E-state index < -0.39 is 0 Å². The summed E-state index contributed by atoms with van der Waals surface area (Å²) in [5, 5.41) is 8.82. The van der Waals surface area contributed by atoms with Crippen molar-refractivity contribution in [3.63, 3.8) is 0 Å². The third-order valence-corrected chi connectivity index (χ3v) is 2.64. The summed E-state index contributed by atoms with van der Waals surface area (Å²) in [6.07, 6.45) is 3.27. The second-order valence-corrected chi connectivity index (χ2v) is 3.91. The van der Waals surface area contributed by atoms with Crippen LogP contribution < -0.4 is 16.0 Å². The monoisotopic (exact) mass is 271 g/mol. The molecule has 1 aromatic carbocycles. The fraction of sp³-hybridized carbons (Fsp3) is 0.154. The normalized spacial score (nSPS) is 9.80. The van der Waals surface area contributed by atoms with Crippen LogP contribution in [-0.2, 0) is 6.54 Å². The average Bonchev–Trinajstić information content (AvgIpc) is 2.94. The van der Waals surface area contributed by atoms with E-state index in [1.165, 1.54) is 0 Å². The molecule has 2 rings (SSSR count). The van der Waals surface area contributed by atoms with E-state index in [1.807, 2.05) is 6.07 Å². The summed E-state index contributed by atoms with van der Waals surface area (Å²) in [5.41, 5.74) is 2.48. The fourth-order valence-corrected chi connectivity index (χ4v) is 1.67. The number of nitrogens with two attached hydrogens (primary N) is 1. The van der Waals surface area contributed by atoms with Gasteiger partial charge in [0.25, 0.3) is 5.91 Å². The minimum absolute atomic E-state index is 0.338. The summed E-state index contributed by atoms with van der Waals surface area (Å²) in [7, 11) is 0. The zero-order valence-electron chi connectivity index (χ0n) is 10.6. The highest BCUT2D eigenvalue weighted by atomic mass is 16.5. The van der Waals surface area contributed by atoms with Crippen LogP contribution in [0.1, 0.15) is 16.2 Å². The van der Waals surface area contributed by atoms with Crippen molar-refractivity contribution in [2.24, 2.45) is 5.84 Å². The lowest BCUT2D eigenvalue weighted by molar-refractivity contribution is 0.0953. The van der Waals surface area contributed by atoms with E-state index in [1.54, 1.807) is 41.2 Å². The predicted octanol–water partition coefficient (Wildman–Crippen LogP) is 0.437. The van der Waals surface area contributed by atoms with E-state index in [2.05, 4.69) is 10.4 Å². The van der Waals surface area contributed by atoms with Crippen LogP contribution in [0.15, 0.2) is 36.7 Å². The highest BCUT2D eigenvalue weighted by Crippen LogP contribution is 2.13. The Morgan fingerprint density at radius 2 is 2.40 bits per heavy atom. The molecule has 0 aliphatic carbocycles. The maximum Gasteiger partial charge on any atom is 0.265 e. The van der Waals surface area contributed by atoms with Crippen molar-refractivity contribution in [1.82, 2.24) is 15.0 Å². The van der Waals surface area contributed by atoms with Gasteiger partial charge in [-0.15, -0.1) is 0 Å². The summed E-state index contributed by atoms with van der Waals surface area (Å²) in [6.45, 7) is 0.856. The smallest absolute Gasteiger partial charge is 0.265 e.